The summed E-state index contributed by atoms with van der Waals surface area (Å²) in [5, 5.41) is 0. The average molecular weight is 342 g/mol. The highest BCUT2D eigenvalue weighted by Gasteiger charge is 2.30. The molecule has 0 aliphatic carbocycles. The van der Waals surface area contributed by atoms with Gasteiger partial charge in [0.2, 0.25) is 5.91 Å². The number of alkyl halides is 3. The maximum atomic E-state index is 12.5. The van der Waals surface area contributed by atoms with E-state index >= 15 is 0 Å². The van der Waals surface area contributed by atoms with Crippen molar-refractivity contribution in [1.82, 2.24) is 9.80 Å². The maximum absolute atomic E-state index is 12.5. The van der Waals surface area contributed by atoms with Gasteiger partial charge >= 0.3 is 6.18 Å². The van der Waals surface area contributed by atoms with Crippen LogP contribution in [0.1, 0.15) is 38.2 Å². The Morgan fingerprint density at radius 3 is 2.54 bits per heavy atom. The van der Waals surface area contributed by atoms with Gasteiger partial charge in [0, 0.05) is 38.5 Å². The monoisotopic (exact) mass is 342 g/mol. The van der Waals surface area contributed by atoms with Crippen molar-refractivity contribution < 1.29 is 18.0 Å². The molecule has 6 heteroatoms. The molecular weight excluding hydrogens is 317 g/mol. The van der Waals surface area contributed by atoms with Crippen molar-refractivity contribution >= 4 is 5.91 Å². The fraction of sp³-hybridized carbons (Fsp3) is 0.611. The Hall–Kier alpha value is -1.56. The molecule has 0 N–H and O–H groups in total. The van der Waals surface area contributed by atoms with Gasteiger partial charge in [-0.3, -0.25) is 4.79 Å². The van der Waals surface area contributed by atoms with Gasteiger partial charge in [-0.15, -0.1) is 0 Å². The van der Waals surface area contributed by atoms with E-state index in [9.17, 15) is 18.0 Å². The van der Waals surface area contributed by atoms with Gasteiger partial charge in [-0.05, 0) is 24.9 Å². The van der Waals surface area contributed by atoms with Crippen LogP contribution in [-0.2, 0) is 11.3 Å². The number of amides is 1. The van der Waals surface area contributed by atoms with Gasteiger partial charge in [-0.1, -0.05) is 37.3 Å². The second-order valence-corrected chi connectivity index (χ2v) is 6.34. The Morgan fingerprint density at radius 1 is 1.21 bits per heavy atom. The molecule has 0 radical (unpaired) electrons. The third-order valence-electron chi connectivity index (χ3n) is 4.47. The summed E-state index contributed by atoms with van der Waals surface area (Å²) in [5.74, 6) is 0.0871. The Kier molecular flexibility index (Phi) is 6.66. The molecule has 3 nitrogen and oxygen atoms in total. The van der Waals surface area contributed by atoms with E-state index in [1.54, 1.807) is 0 Å². The Balaban J connectivity index is 1.97. The van der Waals surface area contributed by atoms with Crippen molar-refractivity contribution in [1.29, 1.82) is 0 Å². The normalized spacial score (nSPS) is 20.2. The van der Waals surface area contributed by atoms with Crippen LogP contribution in [0.3, 0.4) is 0 Å². The number of hydrogen-bond donors (Lipinski definition) is 0. The summed E-state index contributed by atoms with van der Waals surface area (Å²) in [6.45, 7) is 4.16. The van der Waals surface area contributed by atoms with Crippen LogP contribution < -0.4 is 0 Å². The number of rotatable bonds is 6. The van der Waals surface area contributed by atoms with E-state index in [0.29, 0.717) is 32.6 Å². The maximum Gasteiger partial charge on any atom is 0.389 e. The van der Waals surface area contributed by atoms with Crippen molar-refractivity contribution in [3.05, 3.63) is 35.9 Å². The van der Waals surface area contributed by atoms with Gasteiger partial charge in [0.15, 0.2) is 0 Å². The highest BCUT2D eigenvalue weighted by molar-refractivity contribution is 5.77. The third-order valence-corrected chi connectivity index (χ3v) is 4.47. The Morgan fingerprint density at radius 2 is 1.92 bits per heavy atom. The molecule has 0 spiro atoms. The standard InChI is InChI=1S/C18H25F3N2O/c1-2-16-14-22(11-6-10-18(19,20)21)12-9-17(24)23(16)13-15-7-4-3-5-8-15/h3-5,7-8,16H,2,6,9-14H2,1H3/t16-/m1/s1. The Bertz CT molecular complexity index is 519. The largest absolute Gasteiger partial charge is 0.389 e. The summed E-state index contributed by atoms with van der Waals surface area (Å²) >= 11 is 0. The molecular formula is C18H25F3N2O. The summed E-state index contributed by atoms with van der Waals surface area (Å²) < 4.78 is 37.0. The first-order valence-electron chi connectivity index (χ1n) is 8.51. The van der Waals surface area contributed by atoms with Crippen molar-refractivity contribution in [3.63, 3.8) is 0 Å². The van der Waals surface area contributed by atoms with Crippen LogP contribution in [-0.4, -0.2) is 47.6 Å². The van der Waals surface area contributed by atoms with Gasteiger partial charge in [0.1, 0.15) is 0 Å². The molecule has 1 amide bonds. The number of hydrogen-bond acceptors (Lipinski definition) is 2. The zero-order chi connectivity index (χ0) is 17.6. The molecule has 1 aromatic carbocycles. The minimum Gasteiger partial charge on any atom is -0.334 e. The summed E-state index contributed by atoms with van der Waals surface area (Å²) in [6.07, 6.45) is -3.61. The lowest BCUT2D eigenvalue weighted by Gasteiger charge is -2.31. The van der Waals surface area contributed by atoms with E-state index < -0.39 is 12.6 Å². The molecule has 1 aliphatic rings. The zero-order valence-electron chi connectivity index (χ0n) is 14.1. The van der Waals surface area contributed by atoms with Crippen LogP contribution in [0.5, 0.6) is 0 Å². The van der Waals surface area contributed by atoms with Crippen molar-refractivity contribution in [2.24, 2.45) is 0 Å². The van der Waals surface area contributed by atoms with Crippen molar-refractivity contribution in [2.75, 3.05) is 19.6 Å². The molecule has 1 saturated heterocycles. The summed E-state index contributed by atoms with van der Waals surface area (Å²) in [4.78, 5) is 16.4. The number of nitrogens with zero attached hydrogens (tertiary/aromatic N) is 2. The quantitative estimate of drug-likeness (QED) is 0.784. The molecule has 1 fully saturated rings. The van der Waals surface area contributed by atoms with Gasteiger partial charge in [0.05, 0.1) is 0 Å². The first-order valence-corrected chi connectivity index (χ1v) is 8.51. The lowest BCUT2D eigenvalue weighted by molar-refractivity contribution is -0.136. The van der Waals surface area contributed by atoms with E-state index in [2.05, 4.69) is 0 Å². The molecule has 1 aromatic rings. The van der Waals surface area contributed by atoms with Gasteiger partial charge < -0.3 is 9.80 Å². The van der Waals surface area contributed by atoms with E-state index in [-0.39, 0.29) is 18.4 Å². The molecule has 1 aliphatic heterocycles. The third kappa shape index (κ3) is 5.82. The second kappa shape index (κ2) is 8.51. The molecule has 0 bridgehead atoms. The first-order chi connectivity index (χ1) is 11.4. The number of carbonyl (C=O) groups is 1. The van der Waals surface area contributed by atoms with Gasteiger partial charge in [0.25, 0.3) is 0 Å². The van der Waals surface area contributed by atoms with E-state index in [0.717, 1.165) is 12.0 Å². The molecule has 0 unspecified atom stereocenters. The van der Waals surface area contributed by atoms with Crippen LogP contribution in [0.25, 0.3) is 0 Å². The zero-order valence-corrected chi connectivity index (χ0v) is 14.1. The lowest BCUT2D eigenvalue weighted by atomic mass is 10.1. The van der Waals surface area contributed by atoms with Gasteiger partial charge in [-0.25, -0.2) is 0 Å². The van der Waals surface area contributed by atoms with Crippen LogP contribution in [0.4, 0.5) is 13.2 Å². The van der Waals surface area contributed by atoms with Gasteiger partial charge in [-0.2, -0.15) is 13.2 Å². The molecule has 134 valence electrons. The number of carbonyl (C=O) groups excluding carboxylic acids is 1. The number of halogens is 3. The second-order valence-electron chi connectivity index (χ2n) is 6.34. The Labute approximate surface area is 141 Å². The first kappa shape index (κ1) is 18.8. The van der Waals surface area contributed by atoms with Crippen LogP contribution in [0.15, 0.2) is 30.3 Å². The average Bonchev–Trinajstić information content (AvgIpc) is 2.68. The minimum atomic E-state index is -4.11. The predicted molar refractivity (Wildman–Crippen MR) is 87.4 cm³/mol. The smallest absolute Gasteiger partial charge is 0.334 e. The molecule has 2 rings (SSSR count). The summed E-state index contributed by atoms with van der Waals surface area (Å²) in [5.41, 5.74) is 1.08. The van der Waals surface area contributed by atoms with E-state index in [1.165, 1.54) is 0 Å². The van der Waals surface area contributed by atoms with Crippen LogP contribution in [0.2, 0.25) is 0 Å². The van der Waals surface area contributed by atoms with E-state index in [1.807, 2.05) is 47.1 Å². The predicted octanol–water partition coefficient (Wildman–Crippen LogP) is 3.84. The fourth-order valence-electron chi connectivity index (χ4n) is 3.14. The SMILES string of the molecule is CC[C@@H]1CN(CCCC(F)(F)F)CCC(=O)N1Cc1ccccc1. The number of benzene rings is 1. The summed E-state index contributed by atoms with van der Waals surface area (Å²) in [7, 11) is 0. The van der Waals surface area contributed by atoms with Crippen molar-refractivity contribution in [3.8, 4) is 0 Å². The molecule has 0 aromatic heterocycles. The lowest BCUT2D eigenvalue weighted by Crippen LogP contribution is -2.42. The fourth-order valence-corrected chi connectivity index (χ4v) is 3.14. The summed E-state index contributed by atoms with van der Waals surface area (Å²) in [6, 6.07) is 9.86. The molecule has 0 saturated carbocycles. The highest BCUT2D eigenvalue weighted by Crippen LogP contribution is 2.23. The van der Waals surface area contributed by atoms with E-state index in [4.69, 9.17) is 0 Å². The topological polar surface area (TPSA) is 23.6 Å². The minimum absolute atomic E-state index is 0.0473. The molecule has 1 heterocycles. The van der Waals surface area contributed by atoms with Crippen LogP contribution in [0, 0.1) is 0 Å². The highest BCUT2D eigenvalue weighted by atomic mass is 19.4. The molecule has 1 atom stereocenters. The molecule has 24 heavy (non-hydrogen) atoms. The van der Waals surface area contributed by atoms with Crippen LogP contribution >= 0.6 is 0 Å². The van der Waals surface area contributed by atoms with Crippen molar-refractivity contribution in [2.45, 2.75) is 51.4 Å².